The fourth-order valence-electron chi connectivity index (χ4n) is 0.751. The average molecular weight is 288 g/mol. The van der Waals surface area contributed by atoms with E-state index in [1.54, 1.807) is 0 Å². The van der Waals surface area contributed by atoms with Gasteiger partial charge in [-0.25, -0.2) is 9.78 Å². The van der Waals surface area contributed by atoms with Gasteiger partial charge in [0, 0.05) is 0 Å². The first-order valence-corrected chi connectivity index (χ1v) is 5.12. The third-order valence-electron chi connectivity index (χ3n) is 1.34. The number of anilines is 1. The molecule has 16 heavy (non-hydrogen) atoms. The smallest absolute Gasteiger partial charge is 0.411 e. The minimum Gasteiger partial charge on any atom is -0.445 e. The van der Waals surface area contributed by atoms with Gasteiger partial charge in [-0.15, -0.1) is 0 Å². The summed E-state index contributed by atoms with van der Waals surface area (Å²) in [6.07, 6.45) is 0.311. The van der Waals surface area contributed by atoms with Crippen molar-refractivity contribution in [3.8, 4) is 0 Å². The molecule has 0 atom stereocenters. The lowest BCUT2D eigenvalue weighted by atomic mass is 10.4. The van der Waals surface area contributed by atoms with Gasteiger partial charge in [-0.05, 0) is 12.1 Å². The predicted octanol–water partition coefficient (Wildman–Crippen LogP) is 3.14. The molecule has 0 spiro atoms. The number of hydrogen-bond donors (Lipinski definition) is 1. The van der Waals surface area contributed by atoms with E-state index in [4.69, 9.17) is 34.8 Å². The Labute approximate surface area is 106 Å². The molecule has 0 radical (unpaired) electrons. The van der Waals surface area contributed by atoms with Crippen molar-refractivity contribution in [1.29, 1.82) is 0 Å². The molecule has 0 aliphatic rings. The molecule has 1 aromatic heterocycles. The quantitative estimate of drug-likeness (QED) is 0.671. The van der Waals surface area contributed by atoms with Crippen LogP contribution in [-0.2, 0) is 4.74 Å². The van der Waals surface area contributed by atoms with Gasteiger partial charge >= 0.3 is 6.09 Å². The van der Waals surface area contributed by atoms with E-state index in [-0.39, 0.29) is 5.69 Å². The lowest BCUT2D eigenvalue weighted by Gasteiger charge is -2.11. The Morgan fingerprint density at radius 1 is 1.50 bits per heavy atom. The molecule has 1 aromatic rings. The number of carbonyl (C=O) groups excluding carboxylic acids is 1. The largest absolute Gasteiger partial charge is 0.445 e. The summed E-state index contributed by atoms with van der Waals surface area (Å²) in [5, 5.41) is 2.28. The van der Waals surface area contributed by atoms with Crippen molar-refractivity contribution < 1.29 is 13.9 Å². The molecule has 0 aliphatic carbocycles. The summed E-state index contributed by atoms with van der Waals surface area (Å²) in [7, 11) is 0. The van der Waals surface area contributed by atoms with E-state index in [0.29, 0.717) is 0 Å². The average Bonchev–Trinajstić information content (AvgIpc) is 2.18. The van der Waals surface area contributed by atoms with E-state index in [9.17, 15) is 9.18 Å². The van der Waals surface area contributed by atoms with Gasteiger partial charge in [-0.2, -0.15) is 4.39 Å². The van der Waals surface area contributed by atoms with Crippen molar-refractivity contribution in [2.45, 2.75) is 3.79 Å². The fraction of sp³-hybridized carbons (Fsp3) is 0.250. The molecule has 4 nitrogen and oxygen atoms in total. The van der Waals surface area contributed by atoms with Crippen LogP contribution in [0.4, 0.5) is 14.9 Å². The molecular formula is C8H6Cl3FN2O2. The summed E-state index contributed by atoms with van der Waals surface area (Å²) in [6.45, 7) is -0.391. The van der Waals surface area contributed by atoms with E-state index in [1.165, 1.54) is 6.07 Å². The van der Waals surface area contributed by atoms with Crippen LogP contribution in [0.25, 0.3) is 0 Å². The molecule has 0 aliphatic heterocycles. The SMILES string of the molecule is O=C(Nc1ccc(F)nc1)OCC(Cl)(Cl)Cl. The van der Waals surface area contributed by atoms with E-state index in [2.05, 4.69) is 15.0 Å². The lowest BCUT2D eigenvalue weighted by Crippen LogP contribution is -2.21. The van der Waals surface area contributed by atoms with Crippen LogP contribution in [-0.4, -0.2) is 21.5 Å². The first-order valence-electron chi connectivity index (χ1n) is 3.99. The number of hydrogen-bond acceptors (Lipinski definition) is 3. The molecular weight excluding hydrogens is 281 g/mol. The van der Waals surface area contributed by atoms with Crippen molar-refractivity contribution >= 4 is 46.6 Å². The molecule has 0 unspecified atom stereocenters. The second-order valence-electron chi connectivity index (χ2n) is 2.69. The van der Waals surface area contributed by atoms with E-state index < -0.39 is 22.4 Å². The minimum atomic E-state index is -1.67. The Bertz CT molecular complexity index is 367. The van der Waals surface area contributed by atoms with Gasteiger partial charge in [0.1, 0.15) is 6.61 Å². The van der Waals surface area contributed by atoms with Crippen molar-refractivity contribution in [1.82, 2.24) is 4.98 Å². The molecule has 0 bridgehead atoms. The van der Waals surface area contributed by atoms with Gasteiger partial charge in [0.15, 0.2) is 0 Å². The summed E-state index contributed by atoms with van der Waals surface area (Å²) in [6, 6.07) is 2.41. The summed E-state index contributed by atoms with van der Waals surface area (Å²) in [4.78, 5) is 14.4. The van der Waals surface area contributed by atoms with Crippen LogP contribution in [0.1, 0.15) is 0 Å². The van der Waals surface area contributed by atoms with Gasteiger partial charge < -0.3 is 4.74 Å². The number of pyridine rings is 1. The number of amides is 1. The molecule has 1 rings (SSSR count). The summed E-state index contributed by atoms with van der Waals surface area (Å²) in [5.74, 6) is -0.653. The zero-order chi connectivity index (χ0) is 12.2. The normalized spacial score (nSPS) is 11.0. The van der Waals surface area contributed by atoms with Crippen molar-refractivity contribution in [2.24, 2.45) is 0 Å². The van der Waals surface area contributed by atoms with Crippen LogP contribution in [0.5, 0.6) is 0 Å². The molecule has 8 heteroatoms. The molecule has 1 N–H and O–H groups in total. The van der Waals surface area contributed by atoms with Crippen LogP contribution in [0.3, 0.4) is 0 Å². The Morgan fingerprint density at radius 2 is 2.19 bits per heavy atom. The van der Waals surface area contributed by atoms with Gasteiger partial charge in [-0.3, -0.25) is 5.32 Å². The van der Waals surface area contributed by atoms with Gasteiger partial charge in [-0.1, -0.05) is 34.8 Å². The number of nitrogens with one attached hydrogen (secondary N) is 1. The van der Waals surface area contributed by atoms with Crippen LogP contribution < -0.4 is 5.32 Å². The van der Waals surface area contributed by atoms with Crippen LogP contribution in [0.15, 0.2) is 18.3 Å². The minimum absolute atomic E-state index is 0.274. The molecule has 88 valence electrons. The first kappa shape index (κ1) is 13.3. The van der Waals surface area contributed by atoms with Crippen LogP contribution >= 0.6 is 34.8 Å². The third-order valence-corrected chi connectivity index (χ3v) is 1.67. The second kappa shape index (κ2) is 5.52. The van der Waals surface area contributed by atoms with E-state index in [0.717, 1.165) is 12.3 Å². The Balaban J connectivity index is 2.43. The topological polar surface area (TPSA) is 51.2 Å². The van der Waals surface area contributed by atoms with Gasteiger partial charge in [0.05, 0.1) is 11.9 Å². The van der Waals surface area contributed by atoms with Crippen molar-refractivity contribution in [3.05, 3.63) is 24.3 Å². The van der Waals surface area contributed by atoms with E-state index >= 15 is 0 Å². The zero-order valence-corrected chi connectivity index (χ0v) is 9.98. The highest BCUT2D eigenvalue weighted by Gasteiger charge is 2.22. The maximum Gasteiger partial charge on any atom is 0.411 e. The Morgan fingerprint density at radius 3 is 2.69 bits per heavy atom. The van der Waals surface area contributed by atoms with Crippen molar-refractivity contribution in [2.75, 3.05) is 11.9 Å². The monoisotopic (exact) mass is 286 g/mol. The number of ether oxygens (including phenoxy) is 1. The zero-order valence-electron chi connectivity index (χ0n) is 7.71. The highest BCUT2D eigenvalue weighted by atomic mass is 35.6. The Kier molecular flexibility index (Phi) is 4.58. The molecule has 1 amide bonds. The number of halogens is 4. The molecule has 1 heterocycles. The third kappa shape index (κ3) is 5.34. The second-order valence-corrected chi connectivity index (χ2v) is 5.20. The Hall–Kier alpha value is -0.780. The molecule has 0 saturated heterocycles. The summed E-state index contributed by atoms with van der Waals surface area (Å²) < 4.78 is 15.3. The number of nitrogens with zero attached hydrogens (tertiary/aromatic N) is 1. The number of alkyl halides is 3. The highest BCUT2D eigenvalue weighted by molar-refractivity contribution is 6.67. The van der Waals surface area contributed by atoms with E-state index in [1.807, 2.05) is 0 Å². The lowest BCUT2D eigenvalue weighted by molar-refractivity contribution is 0.164. The number of rotatable bonds is 2. The highest BCUT2D eigenvalue weighted by Crippen LogP contribution is 2.26. The number of aromatic nitrogens is 1. The number of carbonyl (C=O) groups is 1. The molecule has 0 fully saturated rings. The first-order chi connectivity index (χ1) is 7.37. The standard InChI is InChI=1S/C8H6Cl3FN2O2/c9-8(10,11)4-16-7(15)14-5-1-2-6(12)13-3-5/h1-3H,4H2,(H,14,15). The van der Waals surface area contributed by atoms with Crippen molar-refractivity contribution in [3.63, 3.8) is 0 Å². The summed E-state index contributed by atoms with van der Waals surface area (Å²) >= 11 is 16.1. The summed E-state index contributed by atoms with van der Waals surface area (Å²) in [5.41, 5.74) is 0.274. The maximum atomic E-state index is 12.4. The maximum absolute atomic E-state index is 12.4. The fourth-order valence-corrected chi connectivity index (χ4v) is 0.915. The van der Waals surface area contributed by atoms with Gasteiger partial charge in [0.25, 0.3) is 0 Å². The van der Waals surface area contributed by atoms with Crippen LogP contribution in [0, 0.1) is 5.95 Å². The molecule has 0 saturated carbocycles. The predicted molar refractivity (Wildman–Crippen MR) is 59.5 cm³/mol. The molecule has 0 aromatic carbocycles. The van der Waals surface area contributed by atoms with Gasteiger partial charge in [0.2, 0.25) is 9.74 Å². The van der Waals surface area contributed by atoms with Crippen LogP contribution in [0.2, 0.25) is 0 Å².